The van der Waals surface area contributed by atoms with Crippen LogP contribution in [0, 0.1) is 0 Å². The van der Waals surface area contributed by atoms with Crippen LogP contribution >= 0.6 is 11.6 Å². The molecule has 0 aliphatic carbocycles. The maximum atomic E-state index is 5.53. The van der Waals surface area contributed by atoms with E-state index in [1.165, 1.54) is 0 Å². The van der Waals surface area contributed by atoms with Crippen molar-refractivity contribution in [1.82, 2.24) is 0 Å². The van der Waals surface area contributed by atoms with Crippen LogP contribution in [-0.4, -0.2) is 17.7 Å². The van der Waals surface area contributed by atoms with Crippen molar-refractivity contribution in [2.24, 2.45) is 5.16 Å². The first-order chi connectivity index (χ1) is 4.36. The fraction of sp³-hybridized carbons (Fsp3) is 0.833. The van der Waals surface area contributed by atoms with Crippen molar-refractivity contribution < 1.29 is 4.84 Å². The summed E-state index contributed by atoms with van der Waals surface area (Å²) in [4.78, 5) is 4.96. The Bertz CT molecular complexity index is 124. The van der Waals surface area contributed by atoms with E-state index < -0.39 is 0 Å². The van der Waals surface area contributed by atoms with E-state index in [9.17, 15) is 0 Å². The van der Waals surface area contributed by atoms with Gasteiger partial charge in [-0.3, -0.25) is 0 Å². The van der Waals surface area contributed by atoms with Crippen molar-refractivity contribution in [2.45, 2.75) is 25.9 Å². The first-order valence-electron chi connectivity index (χ1n) is 3.14. The number of nitrogens with zero attached hydrogens (tertiary/aromatic N) is 1. The molecule has 0 aromatic heterocycles. The Morgan fingerprint density at radius 2 is 2.67 bits per heavy atom. The maximum absolute atomic E-state index is 5.53. The van der Waals surface area contributed by atoms with Crippen LogP contribution in [0.15, 0.2) is 5.16 Å². The summed E-state index contributed by atoms with van der Waals surface area (Å²) in [5.74, 6) is 0.549. The summed E-state index contributed by atoms with van der Waals surface area (Å²) in [5.41, 5.74) is 1.13. The summed E-state index contributed by atoms with van der Waals surface area (Å²) in [6, 6.07) is 0. The first kappa shape index (κ1) is 6.87. The van der Waals surface area contributed by atoms with Crippen LogP contribution in [0.2, 0.25) is 0 Å². The van der Waals surface area contributed by atoms with Gasteiger partial charge in [-0.1, -0.05) is 12.1 Å². The lowest BCUT2D eigenvalue weighted by atomic mass is 10.2. The summed E-state index contributed by atoms with van der Waals surface area (Å²) in [7, 11) is 0. The van der Waals surface area contributed by atoms with Crippen molar-refractivity contribution in [3.05, 3.63) is 0 Å². The summed E-state index contributed by atoms with van der Waals surface area (Å²) in [5, 5.41) is 3.84. The van der Waals surface area contributed by atoms with Crippen LogP contribution in [0.3, 0.4) is 0 Å². The van der Waals surface area contributed by atoms with Crippen molar-refractivity contribution in [3.8, 4) is 0 Å². The van der Waals surface area contributed by atoms with E-state index in [0.29, 0.717) is 5.88 Å². The molecule has 9 heavy (non-hydrogen) atoms. The molecule has 0 saturated heterocycles. The van der Waals surface area contributed by atoms with E-state index in [-0.39, 0.29) is 6.10 Å². The molecule has 0 aromatic carbocycles. The smallest absolute Gasteiger partial charge is 0.146 e. The van der Waals surface area contributed by atoms with Gasteiger partial charge in [0.15, 0.2) is 0 Å². The van der Waals surface area contributed by atoms with Gasteiger partial charge in [-0.15, -0.1) is 11.6 Å². The molecule has 1 aliphatic heterocycles. The van der Waals surface area contributed by atoms with Crippen molar-refractivity contribution in [2.75, 3.05) is 5.88 Å². The van der Waals surface area contributed by atoms with E-state index in [2.05, 4.69) is 12.1 Å². The molecule has 52 valence electrons. The number of hydrogen-bond donors (Lipinski definition) is 0. The minimum Gasteiger partial charge on any atom is -0.391 e. The molecular weight excluding hydrogens is 138 g/mol. The average molecular weight is 148 g/mol. The van der Waals surface area contributed by atoms with Crippen molar-refractivity contribution >= 4 is 17.3 Å². The Labute approximate surface area is 59.8 Å². The molecular formula is C6H10ClNO. The Hall–Kier alpha value is -0.240. The quantitative estimate of drug-likeness (QED) is 0.546. The highest BCUT2D eigenvalue weighted by molar-refractivity contribution is 6.18. The summed E-state index contributed by atoms with van der Waals surface area (Å²) in [6.07, 6.45) is 2.04. The van der Waals surface area contributed by atoms with Crippen LogP contribution in [0.4, 0.5) is 0 Å². The highest BCUT2D eigenvalue weighted by atomic mass is 35.5. The Balaban J connectivity index is 2.31. The molecule has 2 nitrogen and oxygen atoms in total. The molecule has 1 aliphatic rings. The Kier molecular flexibility index (Phi) is 2.34. The van der Waals surface area contributed by atoms with Gasteiger partial charge in [-0.2, -0.15) is 0 Å². The SMILES string of the molecule is CCC1=NO[C@@H](CCl)C1. The largest absolute Gasteiger partial charge is 0.391 e. The molecule has 0 amide bonds. The molecule has 0 N–H and O–H groups in total. The number of hydrogen-bond acceptors (Lipinski definition) is 2. The van der Waals surface area contributed by atoms with Crippen molar-refractivity contribution in [3.63, 3.8) is 0 Å². The molecule has 1 atom stereocenters. The first-order valence-corrected chi connectivity index (χ1v) is 3.67. The zero-order valence-corrected chi connectivity index (χ0v) is 6.19. The third-order valence-electron chi connectivity index (χ3n) is 1.37. The number of oxime groups is 1. The minimum absolute atomic E-state index is 0.140. The lowest BCUT2D eigenvalue weighted by Crippen LogP contribution is -2.08. The monoisotopic (exact) mass is 147 g/mol. The van der Waals surface area contributed by atoms with Crippen LogP contribution in [0.25, 0.3) is 0 Å². The van der Waals surface area contributed by atoms with Gasteiger partial charge in [0.05, 0.1) is 11.6 Å². The van der Waals surface area contributed by atoms with E-state index in [4.69, 9.17) is 16.4 Å². The lowest BCUT2D eigenvalue weighted by Gasteiger charge is -1.99. The summed E-state index contributed by atoms with van der Waals surface area (Å²) >= 11 is 5.53. The van der Waals surface area contributed by atoms with Crippen molar-refractivity contribution in [1.29, 1.82) is 0 Å². The third-order valence-corrected chi connectivity index (χ3v) is 1.72. The molecule has 0 fully saturated rings. The zero-order chi connectivity index (χ0) is 6.69. The molecule has 0 radical (unpaired) electrons. The minimum atomic E-state index is 0.140. The van der Waals surface area contributed by atoms with Crippen LogP contribution in [0.1, 0.15) is 19.8 Å². The zero-order valence-electron chi connectivity index (χ0n) is 5.43. The molecule has 0 unspecified atom stereocenters. The second-order valence-corrected chi connectivity index (χ2v) is 2.41. The fourth-order valence-electron chi connectivity index (χ4n) is 0.778. The van der Waals surface area contributed by atoms with Crippen LogP contribution in [-0.2, 0) is 4.84 Å². The molecule has 0 spiro atoms. The number of halogens is 1. The standard InChI is InChI=1S/C6H10ClNO/c1-2-5-3-6(4-7)9-8-5/h6H,2-4H2,1H3/t6-/m1/s1. The predicted molar refractivity (Wildman–Crippen MR) is 37.9 cm³/mol. The molecule has 1 heterocycles. The van der Waals surface area contributed by atoms with Crippen LogP contribution < -0.4 is 0 Å². The maximum Gasteiger partial charge on any atom is 0.146 e. The molecule has 0 bridgehead atoms. The van der Waals surface area contributed by atoms with E-state index >= 15 is 0 Å². The lowest BCUT2D eigenvalue weighted by molar-refractivity contribution is 0.102. The normalized spacial score (nSPS) is 25.6. The molecule has 0 aromatic rings. The second-order valence-electron chi connectivity index (χ2n) is 2.10. The summed E-state index contributed by atoms with van der Waals surface area (Å²) in [6.45, 7) is 2.07. The second kappa shape index (κ2) is 3.06. The van der Waals surface area contributed by atoms with E-state index in [0.717, 1.165) is 18.6 Å². The van der Waals surface area contributed by atoms with Gasteiger partial charge in [0.1, 0.15) is 6.10 Å². The van der Waals surface area contributed by atoms with Gasteiger partial charge in [0, 0.05) is 6.42 Å². The van der Waals surface area contributed by atoms with E-state index in [1.807, 2.05) is 0 Å². The van der Waals surface area contributed by atoms with E-state index in [1.54, 1.807) is 0 Å². The van der Waals surface area contributed by atoms with Gasteiger partial charge >= 0.3 is 0 Å². The third kappa shape index (κ3) is 1.58. The fourth-order valence-corrected chi connectivity index (χ4v) is 0.943. The van der Waals surface area contributed by atoms with Gasteiger partial charge in [0.25, 0.3) is 0 Å². The van der Waals surface area contributed by atoms with Gasteiger partial charge < -0.3 is 4.84 Å². The number of alkyl halides is 1. The van der Waals surface area contributed by atoms with Gasteiger partial charge in [-0.05, 0) is 6.42 Å². The topological polar surface area (TPSA) is 21.6 Å². The van der Waals surface area contributed by atoms with Crippen LogP contribution in [0.5, 0.6) is 0 Å². The summed E-state index contributed by atoms with van der Waals surface area (Å²) < 4.78 is 0. The average Bonchev–Trinajstić information content (AvgIpc) is 2.34. The highest BCUT2D eigenvalue weighted by Crippen LogP contribution is 2.12. The van der Waals surface area contributed by atoms with Gasteiger partial charge in [-0.25, -0.2) is 0 Å². The molecule has 1 rings (SSSR count). The predicted octanol–water partition coefficient (Wildman–Crippen LogP) is 1.78. The van der Waals surface area contributed by atoms with Gasteiger partial charge in [0.2, 0.25) is 0 Å². The molecule has 0 saturated carbocycles. The molecule has 3 heteroatoms. The Morgan fingerprint density at radius 3 is 3.00 bits per heavy atom. The Morgan fingerprint density at radius 1 is 1.89 bits per heavy atom. The number of rotatable bonds is 2. The highest BCUT2D eigenvalue weighted by Gasteiger charge is 2.17.